The summed E-state index contributed by atoms with van der Waals surface area (Å²) >= 11 is 0. The van der Waals surface area contributed by atoms with Gasteiger partial charge in [-0.3, -0.25) is 4.98 Å². The number of allylic oxidation sites excluding steroid dienone is 3. The molecule has 0 saturated carbocycles. The van der Waals surface area contributed by atoms with Crippen LogP contribution in [0.1, 0.15) is 0 Å². The molecule has 2 rings (SSSR count). The normalized spacial score (nSPS) is 10.9. The van der Waals surface area contributed by atoms with Crippen LogP contribution in [0.5, 0.6) is 0 Å². The van der Waals surface area contributed by atoms with E-state index >= 15 is 0 Å². The highest BCUT2D eigenvalue weighted by atomic mass is 31.2. The van der Waals surface area contributed by atoms with E-state index in [1.807, 2.05) is 42.6 Å². The molecule has 1 aromatic carbocycles. The summed E-state index contributed by atoms with van der Waals surface area (Å²) in [6.07, 6.45) is 11.0. The van der Waals surface area contributed by atoms with Crippen LogP contribution >= 0.6 is 7.26 Å². The van der Waals surface area contributed by atoms with Gasteiger partial charge in [0.2, 0.25) is 0 Å². The summed E-state index contributed by atoms with van der Waals surface area (Å²) < 4.78 is 0. The van der Waals surface area contributed by atoms with Crippen LogP contribution < -0.4 is 5.30 Å². The van der Waals surface area contributed by atoms with Crippen LogP contribution in [0.4, 0.5) is 0 Å². The second-order valence-corrected chi connectivity index (χ2v) is 9.23. The van der Waals surface area contributed by atoms with Crippen LogP contribution in [0.25, 0.3) is 11.3 Å². The average Bonchev–Trinajstić information content (AvgIpc) is 2.56. The minimum Gasteiger partial charge on any atom is -0.256 e. The van der Waals surface area contributed by atoms with E-state index < -0.39 is 7.26 Å². The molecule has 0 unspecified atom stereocenters. The van der Waals surface area contributed by atoms with E-state index in [4.69, 9.17) is 0 Å². The molecule has 0 fully saturated rings. The summed E-state index contributed by atoms with van der Waals surface area (Å²) in [4.78, 5) is 4.46. The maximum absolute atomic E-state index is 4.46. The lowest BCUT2D eigenvalue weighted by molar-refractivity contribution is 1.33. The van der Waals surface area contributed by atoms with Crippen molar-refractivity contribution in [3.63, 3.8) is 0 Å². The summed E-state index contributed by atoms with van der Waals surface area (Å²) in [5.41, 5.74) is 2.18. The van der Waals surface area contributed by atoms with Crippen molar-refractivity contribution in [2.45, 2.75) is 0 Å². The zero-order valence-corrected chi connectivity index (χ0v) is 13.9. The first-order valence-electron chi connectivity index (χ1n) is 7.46. The van der Waals surface area contributed by atoms with Gasteiger partial charge in [-0.2, -0.15) is 0 Å². The largest absolute Gasteiger partial charge is 0.256 e. The Morgan fingerprint density at radius 3 is 2.09 bits per heavy atom. The summed E-state index contributed by atoms with van der Waals surface area (Å²) in [7, 11) is -1.38. The zero-order chi connectivity index (χ0) is 15.8. The van der Waals surface area contributed by atoms with Crippen molar-refractivity contribution >= 4 is 12.6 Å². The van der Waals surface area contributed by atoms with Gasteiger partial charge in [-0.1, -0.05) is 56.2 Å². The predicted octanol–water partition coefficient (Wildman–Crippen LogP) is 4.95. The van der Waals surface area contributed by atoms with E-state index in [1.165, 1.54) is 10.9 Å². The van der Waals surface area contributed by atoms with E-state index in [1.54, 1.807) is 0 Å². The van der Waals surface area contributed by atoms with Crippen molar-refractivity contribution in [3.8, 4) is 11.3 Å². The molecule has 0 amide bonds. The zero-order valence-electron chi connectivity index (χ0n) is 13.0. The number of hydrogen-bond acceptors (Lipinski definition) is 1. The van der Waals surface area contributed by atoms with Crippen molar-refractivity contribution in [2.75, 3.05) is 18.5 Å². The average molecular weight is 308 g/mol. The fourth-order valence-corrected chi connectivity index (χ4v) is 6.15. The lowest BCUT2D eigenvalue weighted by Crippen LogP contribution is -2.18. The van der Waals surface area contributed by atoms with E-state index in [9.17, 15) is 0 Å². The molecule has 0 aliphatic heterocycles. The topological polar surface area (TPSA) is 12.9 Å². The SMILES string of the molecule is C=CC[P+](CC=C)(CC=C)c1cccc(-c2ccccn2)c1. The Morgan fingerprint density at radius 1 is 0.864 bits per heavy atom. The van der Waals surface area contributed by atoms with Crippen molar-refractivity contribution in [1.82, 2.24) is 4.98 Å². The van der Waals surface area contributed by atoms with Gasteiger partial charge in [0.05, 0.1) is 36.7 Å². The Balaban J connectivity index is 2.50. The van der Waals surface area contributed by atoms with E-state index in [0.717, 1.165) is 24.2 Å². The lowest BCUT2D eigenvalue weighted by atomic mass is 10.1. The molecule has 1 nitrogen and oxygen atoms in total. The van der Waals surface area contributed by atoms with Gasteiger partial charge in [-0.15, -0.1) is 0 Å². The quantitative estimate of drug-likeness (QED) is 0.497. The molecule has 1 aromatic heterocycles. The van der Waals surface area contributed by atoms with Gasteiger partial charge in [0.15, 0.2) is 0 Å². The molecule has 0 saturated heterocycles. The molecular formula is C20H23NP+. The number of rotatable bonds is 8. The number of aromatic nitrogens is 1. The summed E-state index contributed by atoms with van der Waals surface area (Å²) in [5, 5.41) is 1.40. The van der Waals surface area contributed by atoms with Crippen molar-refractivity contribution in [1.29, 1.82) is 0 Å². The first-order valence-corrected chi connectivity index (χ1v) is 9.81. The van der Waals surface area contributed by atoms with Gasteiger partial charge in [-0.05, 0) is 24.3 Å². The Labute approximate surface area is 134 Å². The van der Waals surface area contributed by atoms with E-state index in [0.29, 0.717) is 0 Å². The van der Waals surface area contributed by atoms with Gasteiger partial charge in [0, 0.05) is 11.8 Å². The van der Waals surface area contributed by atoms with Crippen LogP contribution in [0, 0.1) is 0 Å². The molecule has 2 aromatic rings. The van der Waals surface area contributed by atoms with Gasteiger partial charge < -0.3 is 0 Å². The van der Waals surface area contributed by atoms with Gasteiger partial charge >= 0.3 is 0 Å². The lowest BCUT2D eigenvalue weighted by Gasteiger charge is -2.24. The van der Waals surface area contributed by atoms with Crippen LogP contribution in [-0.2, 0) is 0 Å². The molecule has 2 heteroatoms. The highest BCUT2D eigenvalue weighted by Crippen LogP contribution is 2.57. The molecular weight excluding hydrogens is 285 g/mol. The predicted molar refractivity (Wildman–Crippen MR) is 101 cm³/mol. The number of nitrogens with zero attached hydrogens (tertiary/aromatic N) is 1. The smallest absolute Gasteiger partial charge is 0.0956 e. The van der Waals surface area contributed by atoms with E-state index in [2.05, 4.69) is 49.0 Å². The number of hydrogen-bond donors (Lipinski definition) is 0. The first kappa shape index (κ1) is 16.4. The minimum atomic E-state index is -1.38. The number of pyridine rings is 1. The Bertz CT molecular complexity index is 619. The Morgan fingerprint density at radius 2 is 1.55 bits per heavy atom. The monoisotopic (exact) mass is 308 g/mol. The molecule has 0 spiro atoms. The third-order valence-electron chi connectivity index (χ3n) is 3.79. The Kier molecular flexibility index (Phi) is 5.86. The van der Waals surface area contributed by atoms with Crippen LogP contribution in [-0.4, -0.2) is 23.5 Å². The second kappa shape index (κ2) is 7.87. The third kappa shape index (κ3) is 3.61. The highest BCUT2D eigenvalue weighted by molar-refractivity contribution is 7.83. The van der Waals surface area contributed by atoms with Gasteiger partial charge in [0.25, 0.3) is 0 Å². The molecule has 0 radical (unpaired) electrons. The minimum absolute atomic E-state index is 1.01. The van der Waals surface area contributed by atoms with Crippen LogP contribution in [0.3, 0.4) is 0 Å². The van der Waals surface area contributed by atoms with Crippen molar-refractivity contribution in [2.24, 2.45) is 0 Å². The Hall–Kier alpha value is -1.98. The molecule has 1 heterocycles. The standard InChI is InChI=1S/C20H23NP/c1-4-14-22(15-5-2,16-6-3)19-11-9-10-18(17-19)20-12-7-8-13-21-20/h4-13,17H,1-3,14-16H2/q+1. The van der Waals surface area contributed by atoms with Gasteiger partial charge in [-0.25, -0.2) is 0 Å². The molecule has 112 valence electrons. The first-order chi connectivity index (χ1) is 10.8. The molecule has 0 aliphatic rings. The maximum Gasteiger partial charge on any atom is 0.0956 e. The highest BCUT2D eigenvalue weighted by Gasteiger charge is 2.36. The van der Waals surface area contributed by atoms with Crippen LogP contribution in [0.2, 0.25) is 0 Å². The molecule has 22 heavy (non-hydrogen) atoms. The van der Waals surface area contributed by atoms with Crippen molar-refractivity contribution < 1.29 is 0 Å². The summed E-state index contributed by atoms with van der Waals surface area (Å²) in [6, 6.07) is 14.8. The van der Waals surface area contributed by atoms with E-state index in [-0.39, 0.29) is 0 Å². The molecule has 0 N–H and O–H groups in total. The summed E-state index contributed by atoms with van der Waals surface area (Å²) in [6.45, 7) is 11.9. The fourth-order valence-electron chi connectivity index (χ4n) is 2.78. The van der Waals surface area contributed by atoms with Crippen LogP contribution in [0.15, 0.2) is 86.6 Å². The third-order valence-corrected chi connectivity index (χ3v) is 8.04. The molecule has 0 bridgehead atoms. The molecule has 0 aliphatic carbocycles. The fraction of sp³-hybridized carbons (Fsp3) is 0.150. The van der Waals surface area contributed by atoms with Gasteiger partial charge in [0.1, 0.15) is 0 Å². The number of benzene rings is 1. The molecule has 0 atom stereocenters. The maximum atomic E-state index is 4.46. The van der Waals surface area contributed by atoms with Crippen molar-refractivity contribution in [3.05, 3.63) is 86.6 Å². The summed E-state index contributed by atoms with van der Waals surface area (Å²) in [5.74, 6) is 0. The second-order valence-electron chi connectivity index (χ2n) is 5.32.